The number of hydrogen-bond donors (Lipinski definition) is 2. The zero-order chi connectivity index (χ0) is 20.2. The van der Waals surface area contributed by atoms with E-state index in [4.69, 9.17) is 11.6 Å². The molecule has 2 aromatic rings. The number of benzene rings is 2. The Morgan fingerprint density at radius 2 is 1.63 bits per heavy atom. The Morgan fingerprint density at radius 3 is 2.19 bits per heavy atom. The lowest BCUT2D eigenvalue weighted by Gasteiger charge is -2.17. The van der Waals surface area contributed by atoms with Gasteiger partial charge in [0, 0.05) is 30.4 Å². The molecule has 144 valence electrons. The van der Waals surface area contributed by atoms with Crippen LogP contribution in [0.15, 0.2) is 47.4 Å². The SMILES string of the molecule is CC(=O)Nc1ccc(S(=O)(=O)N(C)CC(=O)Nc2ccc(C)c(Cl)c2)cc1. The van der Waals surface area contributed by atoms with Gasteiger partial charge < -0.3 is 10.6 Å². The number of anilines is 2. The number of halogens is 1. The predicted octanol–water partition coefficient (Wildman–Crippen LogP) is 2.87. The number of nitrogens with one attached hydrogen (secondary N) is 2. The Hall–Kier alpha value is -2.42. The van der Waals surface area contributed by atoms with E-state index in [0.717, 1.165) is 9.87 Å². The van der Waals surface area contributed by atoms with Crippen LogP contribution in [0.5, 0.6) is 0 Å². The van der Waals surface area contributed by atoms with Crippen molar-refractivity contribution in [3.05, 3.63) is 53.1 Å². The van der Waals surface area contributed by atoms with Gasteiger partial charge in [-0.3, -0.25) is 9.59 Å². The van der Waals surface area contributed by atoms with E-state index in [1.807, 2.05) is 6.92 Å². The number of carbonyl (C=O) groups is 2. The fourth-order valence-corrected chi connectivity index (χ4v) is 3.56. The largest absolute Gasteiger partial charge is 0.326 e. The van der Waals surface area contributed by atoms with E-state index in [-0.39, 0.29) is 17.3 Å². The van der Waals surface area contributed by atoms with Crippen molar-refractivity contribution in [3.8, 4) is 0 Å². The number of carbonyl (C=O) groups excluding carboxylic acids is 2. The molecule has 0 aliphatic rings. The van der Waals surface area contributed by atoms with E-state index in [9.17, 15) is 18.0 Å². The first-order chi connectivity index (χ1) is 12.6. The first-order valence-corrected chi connectivity index (χ1v) is 9.81. The van der Waals surface area contributed by atoms with Crippen LogP contribution >= 0.6 is 11.6 Å². The third-order valence-corrected chi connectivity index (χ3v) is 5.93. The van der Waals surface area contributed by atoms with Crippen LogP contribution in [0.2, 0.25) is 5.02 Å². The number of amides is 2. The highest BCUT2D eigenvalue weighted by molar-refractivity contribution is 7.89. The lowest BCUT2D eigenvalue weighted by molar-refractivity contribution is -0.116. The molecule has 0 saturated heterocycles. The van der Waals surface area contributed by atoms with Crippen molar-refractivity contribution in [3.63, 3.8) is 0 Å². The van der Waals surface area contributed by atoms with Gasteiger partial charge in [0.2, 0.25) is 21.8 Å². The summed E-state index contributed by atoms with van der Waals surface area (Å²) in [5.41, 5.74) is 1.84. The number of nitrogens with zero attached hydrogens (tertiary/aromatic N) is 1. The van der Waals surface area contributed by atoms with Crippen molar-refractivity contribution >= 4 is 44.8 Å². The molecule has 0 unspecified atom stereocenters. The lowest BCUT2D eigenvalue weighted by atomic mass is 10.2. The molecule has 0 aromatic heterocycles. The summed E-state index contributed by atoms with van der Waals surface area (Å²) in [6, 6.07) is 10.8. The van der Waals surface area contributed by atoms with E-state index in [1.165, 1.54) is 38.2 Å². The molecule has 0 fully saturated rings. The molecule has 2 rings (SSSR count). The van der Waals surface area contributed by atoms with Crippen LogP contribution in [-0.2, 0) is 19.6 Å². The fourth-order valence-electron chi connectivity index (χ4n) is 2.25. The van der Waals surface area contributed by atoms with Crippen molar-refractivity contribution in [2.45, 2.75) is 18.7 Å². The minimum absolute atomic E-state index is 0.0188. The van der Waals surface area contributed by atoms with Crippen LogP contribution in [0, 0.1) is 6.92 Å². The Morgan fingerprint density at radius 1 is 1.04 bits per heavy atom. The van der Waals surface area contributed by atoms with Gasteiger partial charge in [-0.2, -0.15) is 4.31 Å². The molecule has 2 amide bonds. The highest BCUT2D eigenvalue weighted by Crippen LogP contribution is 2.20. The number of sulfonamides is 1. The van der Waals surface area contributed by atoms with Crippen molar-refractivity contribution < 1.29 is 18.0 Å². The van der Waals surface area contributed by atoms with E-state index < -0.39 is 15.9 Å². The summed E-state index contributed by atoms with van der Waals surface area (Å²) in [4.78, 5) is 23.2. The third kappa shape index (κ3) is 5.53. The number of likely N-dealkylation sites (N-methyl/N-ethyl adjacent to an activating group) is 1. The van der Waals surface area contributed by atoms with Crippen molar-refractivity contribution in [1.82, 2.24) is 4.31 Å². The van der Waals surface area contributed by atoms with Crippen molar-refractivity contribution in [2.75, 3.05) is 24.2 Å². The minimum Gasteiger partial charge on any atom is -0.326 e. The maximum absolute atomic E-state index is 12.6. The third-order valence-electron chi connectivity index (χ3n) is 3.70. The normalized spacial score (nSPS) is 11.3. The molecule has 0 radical (unpaired) electrons. The van der Waals surface area contributed by atoms with Crippen LogP contribution in [0.25, 0.3) is 0 Å². The molecule has 2 N–H and O–H groups in total. The lowest BCUT2D eigenvalue weighted by Crippen LogP contribution is -2.35. The van der Waals surface area contributed by atoms with Crippen molar-refractivity contribution in [2.24, 2.45) is 0 Å². The van der Waals surface area contributed by atoms with E-state index in [2.05, 4.69) is 10.6 Å². The number of rotatable bonds is 6. The second-order valence-electron chi connectivity index (χ2n) is 5.98. The zero-order valence-electron chi connectivity index (χ0n) is 15.1. The molecule has 27 heavy (non-hydrogen) atoms. The molecule has 7 nitrogen and oxygen atoms in total. The summed E-state index contributed by atoms with van der Waals surface area (Å²) in [6.45, 7) is 2.84. The molecule has 0 spiro atoms. The minimum atomic E-state index is -3.85. The summed E-state index contributed by atoms with van der Waals surface area (Å²) in [6.07, 6.45) is 0. The summed E-state index contributed by atoms with van der Waals surface area (Å²) < 4.78 is 26.1. The van der Waals surface area contributed by atoms with Crippen LogP contribution < -0.4 is 10.6 Å². The Bertz CT molecular complexity index is 959. The average molecular weight is 410 g/mol. The maximum atomic E-state index is 12.6. The van der Waals surface area contributed by atoms with Gasteiger partial charge in [-0.15, -0.1) is 0 Å². The van der Waals surface area contributed by atoms with Crippen LogP contribution in [0.4, 0.5) is 11.4 Å². The second-order valence-corrected chi connectivity index (χ2v) is 8.43. The van der Waals surface area contributed by atoms with E-state index in [0.29, 0.717) is 16.4 Å². The van der Waals surface area contributed by atoms with Gasteiger partial charge in [0.25, 0.3) is 0 Å². The summed E-state index contributed by atoms with van der Waals surface area (Å²) >= 11 is 6.02. The molecule has 0 heterocycles. The first-order valence-electron chi connectivity index (χ1n) is 7.99. The number of hydrogen-bond acceptors (Lipinski definition) is 4. The van der Waals surface area contributed by atoms with Gasteiger partial charge in [-0.1, -0.05) is 17.7 Å². The van der Waals surface area contributed by atoms with E-state index >= 15 is 0 Å². The standard InChI is InChI=1S/C18H20ClN3O4S/c1-12-4-5-15(10-17(12)19)21-18(24)11-22(3)27(25,26)16-8-6-14(7-9-16)20-13(2)23/h4-10H,11H2,1-3H3,(H,20,23)(H,21,24). The van der Waals surface area contributed by atoms with Gasteiger partial charge in [0.05, 0.1) is 11.4 Å². The van der Waals surface area contributed by atoms with Crippen LogP contribution in [-0.4, -0.2) is 38.1 Å². The molecular formula is C18H20ClN3O4S. The van der Waals surface area contributed by atoms with Gasteiger partial charge in [0.1, 0.15) is 0 Å². The van der Waals surface area contributed by atoms with Crippen molar-refractivity contribution in [1.29, 1.82) is 0 Å². The molecule has 9 heteroatoms. The molecule has 0 saturated carbocycles. The highest BCUT2D eigenvalue weighted by Gasteiger charge is 2.23. The topological polar surface area (TPSA) is 95.6 Å². The van der Waals surface area contributed by atoms with Gasteiger partial charge in [0.15, 0.2) is 0 Å². The maximum Gasteiger partial charge on any atom is 0.243 e. The van der Waals surface area contributed by atoms with Gasteiger partial charge >= 0.3 is 0 Å². The molecule has 2 aromatic carbocycles. The molecular weight excluding hydrogens is 390 g/mol. The Labute approximate surface area is 163 Å². The van der Waals surface area contributed by atoms with Gasteiger partial charge in [-0.05, 0) is 48.9 Å². The zero-order valence-corrected chi connectivity index (χ0v) is 16.7. The highest BCUT2D eigenvalue weighted by atomic mass is 35.5. The van der Waals surface area contributed by atoms with Crippen LogP contribution in [0.3, 0.4) is 0 Å². The second kappa shape index (κ2) is 8.51. The van der Waals surface area contributed by atoms with E-state index in [1.54, 1.807) is 18.2 Å². The summed E-state index contributed by atoms with van der Waals surface area (Å²) in [7, 11) is -2.53. The monoisotopic (exact) mass is 409 g/mol. The average Bonchev–Trinajstić information content (AvgIpc) is 2.58. The molecule has 0 aliphatic carbocycles. The first kappa shape index (κ1) is 20.9. The Balaban J connectivity index is 2.06. The Kier molecular flexibility index (Phi) is 6.59. The fraction of sp³-hybridized carbons (Fsp3) is 0.222. The van der Waals surface area contributed by atoms with Crippen LogP contribution in [0.1, 0.15) is 12.5 Å². The smallest absolute Gasteiger partial charge is 0.243 e. The predicted molar refractivity (Wildman–Crippen MR) is 105 cm³/mol. The summed E-state index contributed by atoms with van der Waals surface area (Å²) in [5, 5.41) is 5.68. The quantitative estimate of drug-likeness (QED) is 0.766. The molecule has 0 aliphatic heterocycles. The summed E-state index contributed by atoms with van der Waals surface area (Å²) in [5.74, 6) is -0.744. The van der Waals surface area contributed by atoms with Gasteiger partial charge in [-0.25, -0.2) is 8.42 Å². The number of aryl methyl sites for hydroxylation is 1. The molecule has 0 bridgehead atoms. The molecule has 0 atom stereocenters.